The van der Waals surface area contributed by atoms with Crippen molar-refractivity contribution in [2.24, 2.45) is 0 Å². The van der Waals surface area contributed by atoms with Crippen LogP contribution in [0.2, 0.25) is 0 Å². The fourth-order valence-corrected chi connectivity index (χ4v) is 3.89. The lowest BCUT2D eigenvalue weighted by atomic mass is 9.83. The third-order valence-corrected chi connectivity index (χ3v) is 5.76. The monoisotopic (exact) mass is 388 g/mol. The highest BCUT2D eigenvalue weighted by molar-refractivity contribution is 8.00. The number of hydrogen-bond donors (Lipinski definition) is 2. The minimum absolute atomic E-state index is 0.227. The van der Waals surface area contributed by atoms with Crippen molar-refractivity contribution in [3.05, 3.63) is 30.1 Å². The lowest BCUT2D eigenvalue weighted by Crippen LogP contribution is -2.51. The number of carbonyl (C=O) groups is 1. The first kappa shape index (κ1) is 19.2. The van der Waals surface area contributed by atoms with E-state index in [-0.39, 0.29) is 11.7 Å². The molecule has 0 radical (unpaired) electrons. The first-order chi connectivity index (χ1) is 12.9. The van der Waals surface area contributed by atoms with Crippen molar-refractivity contribution in [1.82, 2.24) is 20.2 Å². The van der Waals surface area contributed by atoms with Crippen molar-refractivity contribution < 1.29 is 9.18 Å². The van der Waals surface area contributed by atoms with E-state index < -0.39 is 10.8 Å². The minimum Gasteiger partial charge on any atom is -0.337 e. The van der Waals surface area contributed by atoms with Gasteiger partial charge in [0.05, 0.1) is 11.3 Å². The Labute approximate surface area is 161 Å². The first-order valence-electron chi connectivity index (χ1n) is 8.80. The normalized spacial score (nSPS) is 17.1. The highest BCUT2D eigenvalue weighted by Gasteiger charge is 2.35. The summed E-state index contributed by atoms with van der Waals surface area (Å²) >= 11 is 1.16. The summed E-state index contributed by atoms with van der Waals surface area (Å²) in [6.45, 7) is 1.74. The number of nitriles is 1. The zero-order valence-electron chi connectivity index (χ0n) is 15.0. The van der Waals surface area contributed by atoms with E-state index in [4.69, 9.17) is 5.84 Å². The van der Waals surface area contributed by atoms with Gasteiger partial charge in [-0.2, -0.15) is 5.26 Å². The molecule has 0 unspecified atom stereocenters. The van der Waals surface area contributed by atoms with E-state index in [1.54, 1.807) is 19.1 Å². The van der Waals surface area contributed by atoms with Crippen molar-refractivity contribution in [3.8, 4) is 17.5 Å². The zero-order chi connectivity index (χ0) is 19.4. The summed E-state index contributed by atoms with van der Waals surface area (Å²) in [6, 6.07) is 8.04. The molecule has 1 amide bonds. The number of nitrogens with two attached hydrogens (primary N) is 1. The summed E-state index contributed by atoms with van der Waals surface area (Å²) in [6.07, 6.45) is 4.32. The van der Waals surface area contributed by atoms with Gasteiger partial charge in [-0.3, -0.25) is 4.79 Å². The van der Waals surface area contributed by atoms with Crippen LogP contribution in [0.4, 0.5) is 4.39 Å². The molecule has 1 atom stereocenters. The summed E-state index contributed by atoms with van der Waals surface area (Å²) in [7, 11) is 0. The third-order valence-electron chi connectivity index (χ3n) is 4.70. The van der Waals surface area contributed by atoms with Gasteiger partial charge in [-0.1, -0.05) is 31.0 Å². The lowest BCUT2D eigenvalue weighted by molar-refractivity contribution is -0.121. The number of amides is 1. The molecule has 1 heterocycles. The fraction of sp³-hybridized carbons (Fsp3) is 0.444. The van der Waals surface area contributed by atoms with E-state index >= 15 is 0 Å². The van der Waals surface area contributed by atoms with Crippen LogP contribution in [-0.4, -0.2) is 31.6 Å². The van der Waals surface area contributed by atoms with Crippen molar-refractivity contribution >= 4 is 17.7 Å². The van der Waals surface area contributed by atoms with Gasteiger partial charge in [0.2, 0.25) is 11.1 Å². The molecule has 2 aromatic rings. The van der Waals surface area contributed by atoms with Gasteiger partial charge in [0.25, 0.3) is 0 Å². The maximum Gasteiger partial charge on any atom is 0.234 e. The Hall–Kier alpha value is -2.60. The van der Waals surface area contributed by atoms with Crippen LogP contribution >= 0.6 is 11.8 Å². The number of rotatable bonds is 5. The summed E-state index contributed by atoms with van der Waals surface area (Å²) in [5.74, 6) is 5.85. The first-order valence-corrected chi connectivity index (χ1v) is 9.68. The van der Waals surface area contributed by atoms with Gasteiger partial charge in [-0.05, 0) is 44.0 Å². The number of nitrogens with one attached hydrogen (secondary N) is 1. The summed E-state index contributed by atoms with van der Waals surface area (Å²) < 4.78 is 14.4. The summed E-state index contributed by atoms with van der Waals surface area (Å²) in [5.41, 5.74) is -0.152. The van der Waals surface area contributed by atoms with Crippen LogP contribution in [-0.2, 0) is 4.79 Å². The van der Waals surface area contributed by atoms with Gasteiger partial charge >= 0.3 is 0 Å². The summed E-state index contributed by atoms with van der Waals surface area (Å²) in [4.78, 5) is 12.6. The number of nitrogens with zero attached hydrogens (tertiary/aromatic N) is 4. The SMILES string of the molecule is C[C@@H](Sc1nnc(-c2ccc(F)cc2)n1N)C(=O)NC1(C#N)CCCCC1. The fourth-order valence-electron chi connectivity index (χ4n) is 3.12. The van der Waals surface area contributed by atoms with Crippen LogP contribution in [0.1, 0.15) is 39.0 Å². The summed E-state index contributed by atoms with van der Waals surface area (Å²) in [5, 5.41) is 20.4. The highest BCUT2D eigenvalue weighted by atomic mass is 32.2. The topological polar surface area (TPSA) is 110 Å². The quantitative estimate of drug-likeness (QED) is 0.602. The Bertz CT molecular complexity index is 854. The van der Waals surface area contributed by atoms with Crippen molar-refractivity contribution in [2.75, 3.05) is 5.84 Å². The standard InChI is InChI=1S/C18H21FN6OS/c1-12(16(26)22-18(11-20)9-3-2-4-10-18)27-17-24-23-15(25(17)21)13-5-7-14(19)8-6-13/h5-8,12H,2-4,9-10,21H2,1H3,(H,22,26)/t12-/m1/s1. The van der Waals surface area contributed by atoms with E-state index in [1.165, 1.54) is 16.8 Å². The van der Waals surface area contributed by atoms with Gasteiger partial charge in [-0.15, -0.1) is 10.2 Å². The van der Waals surface area contributed by atoms with Gasteiger partial charge < -0.3 is 11.2 Å². The van der Waals surface area contributed by atoms with Gasteiger partial charge in [0.15, 0.2) is 5.82 Å². The second-order valence-electron chi connectivity index (χ2n) is 6.69. The van der Waals surface area contributed by atoms with Gasteiger partial charge in [-0.25, -0.2) is 9.07 Å². The average Bonchev–Trinajstić information content (AvgIpc) is 3.03. The Kier molecular flexibility index (Phi) is 5.65. The van der Waals surface area contributed by atoms with E-state index in [9.17, 15) is 14.4 Å². The molecule has 27 heavy (non-hydrogen) atoms. The molecule has 1 aliphatic carbocycles. The van der Waals surface area contributed by atoms with Crippen LogP contribution in [0.15, 0.2) is 29.4 Å². The van der Waals surface area contributed by atoms with Crippen LogP contribution < -0.4 is 11.2 Å². The lowest BCUT2D eigenvalue weighted by Gasteiger charge is -2.32. The molecule has 0 aliphatic heterocycles. The van der Waals surface area contributed by atoms with Crippen LogP contribution in [0, 0.1) is 17.1 Å². The number of benzene rings is 1. The van der Waals surface area contributed by atoms with Crippen molar-refractivity contribution in [3.63, 3.8) is 0 Å². The van der Waals surface area contributed by atoms with E-state index in [2.05, 4.69) is 21.6 Å². The van der Waals surface area contributed by atoms with Crippen molar-refractivity contribution in [2.45, 2.75) is 55.0 Å². The van der Waals surface area contributed by atoms with Gasteiger partial charge in [0.1, 0.15) is 11.4 Å². The van der Waals surface area contributed by atoms with E-state index in [0.29, 0.717) is 29.4 Å². The number of carbonyl (C=O) groups excluding carboxylic acids is 1. The molecule has 1 fully saturated rings. The number of hydrogen-bond acceptors (Lipinski definition) is 6. The second-order valence-corrected chi connectivity index (χ2v) is 7.99. The molecule has 3 rings (SSSR count). The second kappa shape index (κ2) is 7.96. The molecule has 0 spiro atoms. The molecular formula is C18H21FN6OS. The number of nitrogen functional groups attached to an aromatic ring is 1. The predicted molar refractivity (Wildman–Crippen MR) is 100 cm³/mol. The average molecular weight is 388 g/mol. The Balaban J connectivity index is 1.69. The Morgan fingerprint density at radius 2 is 2.00 bits per heavy atom. The molecule has 0 bridgehead atoms. The predicted octanol–water partition coefficient (Wildman–Crippen LogP) is 2.62. The largest absolute Gasteiger partial charge is 0.337 e. The zero-order valence-corrected chi connectivity index (χ0v) is 15.8. The Morgan fingerprint density at radius 1 is 1.33 bits per heavy atom. The minimum atomic E-state index is -0.778. The van der Waals surface area contributed by atoms with Crippen LogP contribution in [0.5, 0.6) is 0 Å². The molecule has 1 aliphatic rings. The number of aromatic nitrogens is 3. The molecule has 9 heteroatoms. The van der Waals surface area contributed by atoms with Crippen LogP contribution in [0.3, 0.4) is 0 Å². The molecule has 0 saturated heterocycles. The highest BCUT2D eigenvalue weighted by Crippen LogP contribution is 2.29. The molecule has 1 aromatic heterocycles. The van der Waals surface area contributed by atoms with Gasteiger partial charge in [0, 0.05) is 5.56 Å². The number of halogens is 1. The molecule has 1 saturated carbocycles. The third kappa shape index (κ3) is 4.22. The Morgan fingerprint density at radius 3 is 2.63 bits per heavy atom. The molecule has 1 aromatic carbocycles. The van der Waals surface area contributed by atoms with E-state index in [0.717, 1.165) is 31.0 Å². The molecular weight excluding hydrogens is 367 g/mol. The molecule has 142 valence electrons. The maximum atomic E-state index is 13.1. The number of thioether (sulfide) groups is 1. The van der Waals surface area contributed by atoms with Crippen molar-refractivity contribution in [1.29, 1.82) is 5.26 Å². The molecule has 7 nitrogen and oxygen atoms in total. The molecule has 3 N–H and O–H groups in total. The van der Waals surface area contributed by atoms with Crippen LogP contribution in [0.25, 0.3) is 11.4 Å². The van der Waals surface area contributed by atoms with E-state index in [1.807, 2.05) is 0 Å². The smallest absolute Gasteiger partial charge is 0.234 e. The maximum absolute atomic E-state index is 13.1.